The van der Waals surface area contributed by atoms with Gasteiger partial charge < -0.3 is 18.8 Å². The Morgan fingerprint density at radius 2 is 1.92 bits per heavy atom. The number of carbonyl (C=O) groups excluding carboxylic acids is 1. The van der Waals surface area contributed by atoms with Crippen LogP contribution < -0.4 is 19.8 Å². The molecule has 1 aromatic carbocycles. The number of esters is 1. The summed E-state index contributed by atoms with van der Waals surface area (Å²) in [6, 6.07) is 7.86. The SMILES string of the molecule is CCOC(=O)C1=C(C(F)(F)F)N=c2s/c(=C\c3ccc(N4CCOCC4)o3)c(=O)n2[C@H]1c1ccc(Cl)cc1. The fraction of sp³-hybridized carbons (Fsp3) is 0.320. The highest BCUT2D eigenvalue weighted by Crippen LogP contribution is 2.38. The van der Waals surface area contributed by atoms with Gasteiger partial charge in [0.1, 0.15) is 5.76 Å². The molecule has 38 heavy (non-hydrogen) atoms. The molecule has 0 aliphatic carbocycles. The zero-order valence-electron chi connectivity index (χ0n) is 20.0. The molecule has 1 fully saturated rings. The summed E-state index contributed by atoms with van der Waals surface area (Å²) in [6.45, 7) is 3.73. The van der Waals surface area contributed by atoms with Gasteiger partial charge in [0, 0.05) is 30.3 Å². The van der Waals surface area contributed by atoms with E-state index in [0.29, 0.717) is 43.0 Å². The molecule has 2 aliphatic rings. The fourth-order valence-electron chi connectivity index (χ4n) is 4.30. The van der Waals surface area contributed by atoms with E-state index in [2.05, 4.69) is 4.99 Å². The van der Waals surface area contributed by atoms with Crippen LogP contribution in [-0.4, -0.2) is 49.6 Å². The number of allylic oxidation sites excluding steroid dienone is 1. The summed E-state index contributed by atoms with van der Waals surface area (Å²) in [4.78, 5) is 32.0. The molecule has 2 aromatic heterocycles. The summed E-state index contributed by atoms with van der Waals surface area (Å²) in [5, 5.41) is 0.341. The number of nitrogens with zero attached hydrogens (tertiary/aromatic N) is 3. The number of anilines is 1. The van der Waals surface area contributed by atoms with Crippen molar-refractivity contribution in [3.63, 3.8) is 0 Å². The number of halogens is 4. The molecule has 0 spiro atoms. The lowest BCUT2D eigenvalue weighted by molar-refractivity contribution is -0.140. The van der Waals surface area contributed by atoms with Crippen molar-refractivity contribution >= 4 is 40.9 Å². The Balaban J connectivity index is 1.68. The van der Waals surface area contributed by atoms with Crippen LogP contribution >= 0.6 is 22.9 Å². The number of furan rings is 1. The predicted octanol–water partition coefficient (Wildman–Crippen LogP) is 3.42. The first kappa shape index (κ1) is 26.3. The lowest BCUT2D eigenvalue weighted by Gasteiger charge is -2.26. The first-order valence-corrected chi connectivity index (χ1v) is 12.8. The summed E-state index contributed by atoms with van der Waals surface area (Å²) in [5.74, 6) is -0.269. The molecule has 0 N–H and O–H groups in total. The fourth-order valence-corrected chi connectivity index (χ4v) is 5.41. The van der Waals surface area contributed by atoms with Crippen molar-refractivity contribution in [1.29, 1.82) is 0 Å². The second-order valence-electron chi connectivity index (χ2n) is 8.39. The molecule has 13 heteroatoms. The van der Waals surface area contributed by atoms with Gasteiger partial charge in [0.25, 0.3) is 5.56 Å². The molecule has 0 amide bonds. The van der Waals surface area contributed by atoms with Crippen LogP contribution in [0, 0.1) is 0 Å². The van der Waals surface area contributed by atoms with Crippen molar-refractivity contribution in [3.8, 4) is 0 Å². The minimum atomic E-state index is -4.98. The highest BCUT2D eigenvalue weighted by molar-refractivity contribution is 7.07. The normalized spacial score (nSPS) is 18.4. The van der Waals surface area contributed by atoms with Gasteiger partial charge in [-0.3, -0.25) is 9.36 Å². The largest absolute Gasteiger partial charge is 0.463 e. The molecule has 0 unspecified atom stereocenters. The van der Waals surface area contributed by atoms with Crippen LogP contribution in [0.5, 0.6) is 0 Å². The second kappa shape index (κ2) is 10.4. The molecule has 0 saturated carbocycles. The molecule has 1 atom stereocenters. The summed E-state index contributed by atoms with van der Waals surface area (Å²) in [5.41, 5.74) is -2.56. The number of carbonyl (C=O) groups is 1. The van der Waals surface area contributed by atoms with E-state index in [4.69, 9.17) is 25.5 Å². The number of hydrogen-bond acceptors (Lipinski definition) is 8. The minimum Gasteiger partial charge on any atom is -0.463 e. The average Bonchev–Trinajstić information content (AvgIpc) is 3.48. The number of rotatable bonds is 5. The Kier molecular flexibility index (Phi) is 7.21. The van der Waals surface area contributed by atoms with E-state index >= 15 is 0 Å². The Morgan fingerprint density at radius 3 is 2.58 bits per heavy atom. The van der Waals surface area contributed by atoms with Crippen LogP contribution in [0.3, 0.4) is 0 Å². The van der Waals surface area contributed by atoms with Crippen molar-refractivity contribution in [2.75, 3.05) is 37.8 Å². The van der Waals surface area contributed by atoms with E-state index in [1.54, 1.807) is 12.1 Å². The molecule has 3 aromatic rings. The molecule has 200 valence electrons. The van der Waals surface area contributed by atoms with Gasteiger partial charge >= 0.3 is 12.1 Å². The summed E-state index contributed by atoms with van der Waals surface area (Å²) in [6.07, 6.45) is -3.52. The topological polar surface area (TPSA) is 86.3 Å². The van der Waals surface area contributed by atoms with Crippen LogP contribution in [0.2, 0.25) is 5.02 Å². The third-order valence-corrected chi connectivity index (χ3v) is 7.22. The van der Waals surface area contributed by atoms with Crippen LogP contribution in [-0.2, 0) is 14.3 Å². The van der Waals surface area contributed by atoms with Gasteiger partial charge in [0.15, 0.2) is 16.4 Å². The Bertz CT molecular complexity index is 1570. The van der Waals surface area contributed by atoms with E-state index < -0.39 is 35.0 Å². The minimum absolute atomic E-state index is 0.0947. The number of benzene rings is 1. The Labute approximate surface area is 222 Å². The van der Waals surface area contributed by atoms with Crippen molar-refractivity contribution in [3.05, 3.63) is 83.7 Å². The van der Waals surface area contributed by atoms with Crippen molar-refractivity contribution in [2.24, 2.45) is 4.99 Å². The van der Waals surface area contributed by atoms with E-state index in [1.165, 1.54) is 37.3 Å². The summed E-state index contributed by atoms with van der Waals surface area (Å²) >= 11 is 6.76. The van der Waals surface area contributed by atoms with Gasteiger partial charge in [0.2, 0.25) is 0 Å². The van der Waals surface area contributed by atoms with Gasteiger partial charge in [-0.2, -0.15) is 13.2 Å². The number of morpholine rings is 1. The Hall–Kier alpha value is -3.35. The molecule has 2 aliphatic heterocycles. The number of alkyl halides is 3. The number of thiazole rings is 1. The first-order chi connectivity index (χ1) is 18.2. The second-order valence-corrected chi connectivity index (χ2v) is 9.84. The van der Waals surface area contributed by atoms with Crippen LogP contribution in [0.1, 0.15) is 24.3 Å². The maximum Gasteiger partial charge on any atom is 0.434 e. The number of hydrogen-bond donors (Lipinski definition) is 0. The van der Waals surface area contributed by atoms with Crippen LogP contribution in [0.15, 0.2) is 61.9 Å². The van der Waals surface area contributed by atoms with Crippen molar-refractivity contribution in [2.45, 2.75) is 19.1 Å². The van der Waals surface area contributed by atoms with Gasteiger partial charge in [-0.15, -0.1) is 0 Å². The van der Waals surface area contributed by atoms with Crippen LogP contribution in [0.4, 0.5) is 19.1 Å². The predicted molar refractivity (Wildman–Crippen MR) is 134 cm³/mol. The third-order valence-electron chi connectivity index (χ3n) is 5.99. The van der Waals surface area contributed by atoms with Gasteiger partial charge in [-0.25, -0.2) is 9.79 Å². The number of ether oxygens (including phenoxy) is 2. The lowest BCUT2D eigenvalue weighted by atomic mass is 9.95. The maximum atomic E-state index is 14.2. The van der Waals surface area contributed by atoms with E-state index in [1.807, 2.05) is 4.90 Å². The molecule has 5 rings (SSSR count). The van der Waals surface area contributed by atoms with E-state index in [0.717, 1.165) is 15.9 Å². The highest BCUT2D eigenvalue weighted by atomic mass is 35.5. The van der Waals surface area contributed by atoms with Crippen LogP contribution in [0.25, 0.3) is 6.08 Å². The van der Waals surface area contributed by atoms with Crippen molar-refractivity contribution < 1.29 is 31.9 Å². The molecular weight excluding hydrogens is 547 g/mol. The van der Waals surface area contributed by atoms with Gasteiger partial charge in [-0.05, 0) is 30.7 Å². The zero-order chi connectivity index (χ0) is 27.0. The molecule has 4 heterocycles. The smallest absolute Gasteiger partial charge is 0.434 e. The molecular formula is C25H21ClF3N3O5S. The Morgan fingerprint density at radius 1 is 1.21 bits per heavy atom. The average molecular weight is 568 g/mol. The standard InChI is InChI=1S/C25H21ClF3N3O5S/c1-2-36-23(34)19-20(14-3-5-15(26)6-4-14)32-22(33)17(38-24(32)30-21(19)25(27,28)29)13-16-7-8-18(37-16)31-9-11-35-12-10-31/h3-8,13,20H,2,9-12H2,1H3/b17-13-/t20-/m0/s1. The molecule has 1 saturated heterocycles. The van der Waals surface area contributed by atoms with Gasteiger partial charge in [-0.1, -0.05) is 35.1 Å². The molecule has 0 radical (unpaired) electrons. The third kappa shape index (κ3) is 5.03. The van der Waals surface area contributed by atoms with Crippen molar-refractivity contribution in [1.82, 2.24) is 4.57 Å². The number of aromatic nitrogens is 1. The number of fused-ring (bicyclic) bond motifs is 1. The van der Waals surface area contributed by atoms with E-state index in [-0.39, 0.29) is 21.5 Å². The summed E-state index contributed by atoms with van der Waals surface area (Å²) in [7, 11) is 0. The maximum absolute atomic E-state index is 14.2. The first-order valence-electron chi connectivity index (χ1n) is 11.7. The summed E-state index contributed by atoms with van der Waals surface area (Å²) < 4.78 is 59.9. The highest BCUT2D eigenvalue weighted by Gasteiger charge is 2.45. The quantitative estimate of drug-likeness (QED) is 0.439. The van der Waals surface area contributed by atoms with Gasteiger partial charge in [0.05, 0.1) is 36.0 Å². The zero-order valence-corrected chi connectivity index (χ0v) is 21.5. The molecule has 8 nitrogen and oxygen atoms in total. The lowest BCUT2D eigenvalue weighted by Crippen LogP contribution is -2.41. The van der Waals surface area contributed by atoms with E-state index in [9.17, 15) is 22.8 Å². The monoisotopic (exact) mass is 567 g/mol. The molecule has 0 bridgehead atoms.